The van der Waals surface area contributed by atoms with Crippen LogP contribution >= 0.6 is 0 Å². The van der Waals surface area contributed by atoms with Gasteiger partial charge in [0.05, 0.1) is 11.2 Å². The summed E-state index contributed by atoms with van der Waals surface area (Å²) in [5.74, 6) is 0.417. The van der Waals surface area contributed by atoms with E-state index in [-0.39, 0.29) is 5.91 Å². The van der Waals surface area contributed by atoms with E-state index >= 15 is 0 Å². The summed E-state index contributed by atoms with van der Waals surface area (Å²) in [6.45, 7) is 4.10. The summed E-state index contributed by atoms with van der Waals surface area (Å²) in [6.07, 6.45) is 3.35. The number of fused-ring (bicyclic) bond motifs is 1. The van der Waals surface area contributed by atoms with Gasteiger partial charge in [-0.2, -0.15) is 0 Å². The molecule has 4 rings (SSSR count). The predicted molar refractivity (Wildman–Crippen MR) is 113 cm³/mol. The molecule has 0 radical (unpaired) electrons. The number of rotatable bonds is 4. The molecule has 0 fully saturated rings. The van der Waals surface area contributed by atoms with E-state index in [1.54, 1.807) is 24.5 Å². The first-order valence-electron chi connectivity index (χ1n) is 9.05. The van der Waals surface area contributed by atoms with Crippen molar-refractivity contribution in [1.29, 1.82) is 0 Å². The Balaban J connectivity index is 1.57. The number of anilines is 3. The molecule has 0 aliphatic rings. The second kappa shape index (κ2) is 7.48. The number of carbonyl (C=O) groups is 1. The van der Waals surface area contributed by atoms with E-state index in [1.807, 2.05) is 49.4 Å². The lowest BCUT2D eigenvalue weighted by Gasteiger charge is -2.11. The smallest absolute Gasteiger partial charge is 0.255 e. The SMILES string of the molecule is Cc1ccc(Nc2cc(C(=O)Nc3cccc4cccnc34)ccn2)c(C)c1. The molecule has 0 saturated carbocycles. The van der Waals surface area contributed by atoms with Gasteiger partial charge >= 0.3 is 0 Å². The highest BCUT2D eigenvalue weighted by Crippen LogP contribution is 2.23. The van der Waals surface area contributed by atoms with Gasteiger partial charge in [0.25, 0.3) is 5.91 Å². The van der Waals surface area contributed by atoms with Crippen LogP contribution in [0.3, 0.4) is 0 Å². The minimum atomic E-state index is -0.204. The third kappa shape index (κ3) is 3.69. The van der Waals surface area contributed by atoms with Crippen molar-refractivity contribution in [2.75, 3.05) is 10.6 Å². The first-order chi connectivity index (χ1) is 13.6. The number of carbonyl (C=O) groups excluding carboxylic acids is 1. The van der Waals surface area contributed by atoms with Crippen LogP contribution in [0, 0.1) is 13.8 Å². The molecule has 2 heterocycles. The molecule has 1 amide bonds. The quantitative estimate of drug-likeness (QED) is 0.517. The normalized spacial score (nSPS) is 10.6. The molecule has 2 N–H and O–H groups in total. The molecule has 4 aromatic rings. The van der Waals surface area contributed by atoms with Crippen molar-refractivity contribution >= 4 is 34.0 Å². The maximum atomic E-state index is 12.8. The monoisotopic (exact) mass is 368 g/mol. The second-order valence-electron chi connectivity index (χ2n) is 6.71. The Bertz CT molecular complexity index is 1160. The molecule has 0 atom stereocenters. The predicted octanol–water partition coefficient (Wildman–Crippen LogP) is 5.24. The Morgan fingerprint density at radius 1 is 0.857 bits per heavy atom. The second-order valence-corrected chi connectivity index (χ2v) is 6.71. The fourth-order valence-electron chi connectivity index (χ4n) is 3.13. The van der Waals surface area contributed by atoms with Crippen LogP contribution in [-0.4, -0.2) is 15.9 Å². The van der Waals surface area contributed by atoms with Crippen molar-refractivity contribution in [3.63, 3.8) is 0 Å². The molecule has 2 aromatic heterocycles. The third-order valence-electron chi connectivity index (χ3n) is 4.55. The molecule has 0 aliphatic heterocycles. The Labute approximate surface area is 163 Å². The largest absolute Gasteiger partial charge is 0.340 e. The maximum Gasteiger partial charge on any atom is 0.255 e. The lowest BCUT2D eigenvalue weighted by Crippen LogP contribution is -2.13. The van der Waals surface area contributed by atoms with Gasteiger partial charge in [-0.1, -0.05) is 35.9 Å². The molecular weight excluding hydrogens is 348 g/mol. The van der Waals surface area contributed by atoms with E-state index in [0.717, 1.165) is 22.2 Å². The fourth-order valence-corrected chi connectivity index (χ4v) is 3.13. The molecule has 0 saturated heterocycles. The Morgan fingerprint density at radius 2 is 1.71 bits per heavy atom. The minimum Gasteiger partial charge on any atom is -0.340 e. The average Bonchev–Trinajstić information content (AvgIpc) is 2.71. The number of pyridine rings is 2. The van der Waals surface area contributed by atoms with Crippen molar-refractivity contribution in [2.24, 2.45) is 0 Å². The lowest BCUT2D eigenvalue weighted by molar-refractivity contribution is 0.102. The molecule has 0 spiro atoms. The maximum absolute atomic E-state index is 12.8. The Morgan fingerprint density at radius 3 is 2.57 bits per heavy atom. The van der Waals surface area contributed by atoms with E-state index in [9.17, 15) is 4.79 Å². The number of benzene rings is 2. The van der Waals surface area contributed by atoms with Gasteiger partial charge in [0, 0.05) is 29.0 Å². The van der Waals surface area contributed by atoms with Crippen molar-refractivity contribution in [1.82, 2.24) is 9.97 Å². The lowest BCUT2D eigenvalue weighted by atomic mass is 10.1. The van der Waals surface area contributed by atoms with E-state index in [1.165, 1.54) is 5.56 Å². The molecule has 0 bridgehead atoms. The number of para-hydroxylation sites is 1. The molecule has 28 heavy (non-hydrogen) atoms. The summed E-state index contributed by atoms with van der Waals surface area (Å²) in [6, 6.07) is 19.2. The fraction of sp³-hybridized carbons (Fsp3) is 0.0870. The van der Waals surface area contributed by atoms with E-state index in [4.69, 9.17) is 0 Å². The van der Waals surface area contributed by atoms with E-state index in [0.29, 0.717) is 17.1 Å². The van der Waals surface area contributed by atoms with Crippen LogP contribution in [0.4, 0.5) is 17.2 Å². The number of nitrogens with zero attached hydrogens (tertiary/aromatic N) is 2. The molecular formula is C23H20N4O. The first-order valence-corrected chi connectivity index (χ1v) is 9.05. The van der Waals surface area contributed by atoms with Crippen molar-refractivity contribution < 1.29 is 4.79 Å². The van der Waals surface area contributed by atoms with Gasteiger partial charge in [-0.05, 0) is 49.7 Å². The number of hydrogen-bond donors (Lipinski definition) is 2. The number of hydrogen-bond acceptors (Lipinski definition) is 4. The van der Waals surface area contributed by atoms with Gasteiger partial charge in [-0.25, -0.2) is 4.98 Å². The van der Waals surface area contributed by atoms with Crippen LogP contribution in [0.25, 0.3) is 10.9 Å². The van der Waals surface area contributed by atoms with E-state index < -0.39 is 0 Å². The van der Waals surface area contributed by atoms with Crippen LogP contribution < -0.4 is 10.6 Å². The zero-order valence-electron chi connectivity index (χ0n) is 15.7. The molecule has 2 aromatic carbocycles. The van der Waals surface area contributed by atoms with Crippen molar-refractivity contribution in [2.45, 2.75) is 13.8 Å². The van der Waals surface area contributed by atoms with Gasteiger partial charge < -0.3 is 10.6 Å². The number of aryl methyl sites for hydroxylation is 2. The molecule has 5 nitrogen and oxygen atoms in total. The zero-order valence-corrected chi connectivity index (χ0v) is 15.7. The highest BCUT2D eigenvalue weighted by atomic mass is 16.1. The van der Waals surface area contributed by atoms with Crippen LogP contribution in [0.15, 0.2) is 73.1 Å². The standard InChI is InChI=1S/C23H20N4O/c1-15-8-9-19(16(2)13-15)26-21-14-18(10-12-24-21)23(28)27-20-7-3-5-17-6-4-11-25-22(17)20/h3-14H,1-2H3,(H,24,26)(H,27,28). The summed E-state index contributed by atoms with van der Waals surface area (Å²) in [5.41, 5.74) is 5.26. The van der Waals surface area contributed by atoms with Crippen molar-refractivity contribution in [3.05, 3.63) is 89.7 Å². The number of aromatic nitrogens is 2. The Kier molecular flexibility index (Phi) is 4.72. The Hall–Kier alpha value is -3.73. The summed E-state index contributed by atoms with van der Waals surface area (Å²) in [5, 5.41) is 7.22. The molecule has 138 valence electrons. The van der Waals surface area contributed by atoms with E-state index in [2.05, 4.69) is 33.6 Å². The number of nitrogens with one attached hydrogen (secondary N) is 2. The summed E-state index contributed by atoms with van der Waals surface area (Å²) in [4.78, 5) is 21.5. The summed E-state index contributed by atoms with van der Waals surface area (Å²) >= 11 is 0. The van der Waals surface area contributed by atoms with Gasteiger partial charge in [-0.3, -0.25) is 9.78 Å². The van der Waals surface area contributed by atoms with Crippen LogP contribution in [0.2, 0.25) is 0 Å². The van der Waals surface area contributed by atoms with Crippen molar-refractivity contribution in [3.8, 4) is 0 Å². The topological polar surface area (TPSA) is 66.9 Å². The average molecular weight is 368 g/mol. The van der Waals surface area contributed by atoms with Gasteiger partial charge in [0.1, 0.15) is 5.82 Å². The third-order valence-corrected chi connectivity index (χ3v) is 4.55. The first kappa shape index (κ1) is 17.7. The van der Waals surface area contributed by atoms with Crippen LogP contribution in [0.1, 0.15) is 21.5 Å². The number of amides is 1. The van der Waals surface area contributed by atoms with Gasteiger partial charge in [0.15, 0.2) is 0 Å². The zero-order chi connectivity index (χ0) is 19.5. The molecule has 0 aliphatic carbocycles. The van der Waals surface area contributed by atoms with Crippen LogP contribution in [-0.2, 0) is 0 Å². The minimum absolute atomic E-state index is 0.204. The molecule has 5 heteroatoms. The van der Waals surface area contributed by atoms with Crippen LogP contribution in [0.5, 0.6) is 0 Å². The van der Waals surface area contributed by atoms with Gasteiger partial charge in [-0.15, -0.1) is 0 Å². The summed E-state index contributed by atoms with van der Waals surface area (Å²) < 4.78 is 0. The van der Waals surface area contributed by atoms with Gasteiger partial charge in [0.2, 0.25) is 0 Å². The molecule has 0 unspecified atom stereocenters. The highest BCUT2D eigenvalue weighted by molar-refractivity contribution is 6.08. The summed E-state index contributed by atoms with van der Waals surface area (Å²) in [7, 11) is 0. The highest BCUT2D eigenvalue weighted by Gasteiger charge is 2.10.